The molecule has 5 nitrogen and oxygen atoms in total. The van der Waals surface area contributed by atoms with Gasteiger partial charge in [-0.1, -0.05) is 11.6 Å². The summed E-state index contributed by atoms with van der Waals surface area (Å²) in [6.07, 6.45) is 1.70. The van der Waals surface area contributed by atoms with Crippen molar-refractivity contribution < 1.29 is 28.2 Å². The Balaban J connectivity index is 1.98. The number of thioether (sulfide) groups is 1. The number of ether oxygens (including phenoxy) is 1. The average molecular weight is 448 g/mol. The van der Waals surface area contributed by atoms with E-state index in [4.69, 9.17) is 16.3 Å². The first-order valence-electron chi connectivity index (χ1n) is 8.16. The molecule has 0 aromatic carbocycles. The Morgan fingerprint density at radius 1 is 1.50 bits per heavy atom. The number of methoxy groups -OCH3 is 1. The molecule has 1 amide bonds. The van der Waals surface area contributed by atoms with Crippen molar-refractivity contribution in [1.29, 1.82) is 0 Å². The molecule has 0 spiro atoms. The molecule has 1 aliphatic heterocycles. The number of hydrogen-bond acceptors (Lipinski definition) is 5. The summed E-state index contributed by atoms with van der Waals surface area (Å²) in [5, 5.41) is 11.2. The van der Waals surface area contributed by atoms with Crippen LogP contribution in [0.5, 0.6) is 0 Å². The van der Waals surface area contributed by atoms with Crippen molar-refractivity contribution in [2.75, 3.05) is 7.11 Å². The number of carboxylic acids is 1. The molecular weight excluding hydrogens is 432 g/mol. The van der Waals surface area contributed by atoms with Crippen LogP contribution in [0, 0.1) is 0 Å². The molecular formula is C18H16ClF2NO4S2. The van der Waals surface area contributed by atoms with Crippen molar-refractivity contribution in [3.63, 3.8) is 0 Å². The van der Waals surface area contributed by atoms with E-state index >= 15 is 0 Å². The lowest BCUT2D eigenvalue weighted by molar-refractivity contribution is -0.136. The van der Waals surface area contributed by atoms with Crippen LogP contribution in [0.4, 0.5) is 8.78 Å². The lowest BCUT2D eigenvalue weighted by atomic mass is 9.92. The van der Waals surface area contributed by atoms with E-state index in [1.165, 1.54) is 23.5 Å². The number of carboxylic acid groups (broad SMARTS) is 1. The highest BCUT2D eigenvalue weighted by atomic mass is 35.5. The van der Waals surface area contributed by atoms with Gasteiger partial charge < -0.3 is 14.7 Å². The van der Waals surface area contributed by atoms with E-state index in [0.29, 0.717) is 43.6 Å². The number of halogens is 3. The topological polar surface area (TPSA) is 66.8 Å². The zero-order valence-corrected chi connectivity index (χ0v) is 17.3. The number of fused-ring (bicyclic) bond motifs is 1. The van der Waals surface area contributed by atoms with E-state index in [2.05, 4.69) is 0 Å². The number of alkyl halides is 2. The molecule has 3 rings (SSSR count). The minimum atomic E-state index is -2.57. The maximum Gasteiger partial charge on any atom is 0.307 e. The van der Waals surface area contributed by atoms with Crippen LogP contribution in [-0.4, -0.2) is 40.8 Å². The Labute approximate surface area is 173 Å². The van der Waals surface area contributed by atoms with E-state index in [-0.39, 0.29) is 24.3 Å². The number of aliphatic carboxylic acids is 1. The van der Waals surface area contributed by atoms with Crippen LogP contribution in [-0.2, 0) is 9.53 Å². The molecule has 2 aliphatic rings. The molecule has 1 aliphatic carbocycles. The van der Waals surface area contributed by atoms with Crippen molar-refractivity contribution in [1.82, 2.24) is 4.90 Å². The molecule has 28 heavy (non-hydrogen) atoms. The monoisotopic (exact) mass is 447 g/mol. The van der Waals surface area contributed by atoms with Gasteiger partial charge in [-0.15, -0.1) is 11.3 Å². The van der Waals surface area contributed by atoms with Crippen LogP contribution in [0.25, 0.3) is 0 Å². The normalized spacial score (nSPS) is 19.3. The van der Waals surface area contributed by atoms with E-state index in [1.807, 2.05) is 0 Å². The summed E-state index contributed by atoms with van der Waals surface area (Å²) in [6.45, 7) is 1.68. The van der Waals surface area contributed by atoms with Gasteiger partial charge in [0.1, 0.15) is 5.76 Å². The summed E-state index contributed by atoms with van der Waals surface area (Å²) >= 11 is 7.73. The van der Waals surface area contributed by atoms with Gasteiger partial charge in [0.05, 0.1) is 34.4 Å². The predicted octanol–water partition coefficient (Wildman–Crippen LogP) is 5.06. The summed E-state index contributed by atoms with van der Waals surface area (Å²) in [4.78, 5) is 26.0. The molecule has 2 heterocycles. The number of carbonyl (C=O) groups excluding carboxylic acids is 1. The fourth-order valence-electron chi connectivity index (χ4n) is 3.36. The van der Waals surface area contributed by atoms with Crippen molar-refractivity contribution in [3.8, 4) is 0 Å². The first-order valence-corrected chi connectivity index (χ1v) is 10.3. The maximum absolute atomic E-state index is 13.1. The second kappa shape index (κ2) is 8.26. The highest BCUT2D eigenvalue weighted by molar-refractivity contribution is 8.01. The number of rotatable bonds is 6. The summed E-state index contributed by atoms with van der Waals surface area (Å²) in [5.74, 6) is -3.53. The van der Waals surface area contributed by atoms with E-state index in [9.17, 15) is 23.5 Å². The number of hydrogen-bond donors (Lipinski definition) is 1. The molecule has 0 radical (unpaired) electrons. The Hall–Kier alpha value is -1.84. The van der Waals surface area contributed by atoms with Gasteiger partial charge in [0.15, 0.2) is 0 Å². The highest BCUT2D eigenvalue weighted by Gasteiger charge is 2.41. The number of nitrogens with zero attached hydrogens (tertiary/aromatic N) is 1. The number of thiophene rings is 1. The lowest BCUT2D eigenvalue weighted by Crippen LogP contribution is -2.37. The molecule has 1 atom stereocenters. The Morgan fingerprint density at radius 3 is 2.82 bits per heavy atom. The van der Waals surface area contributed by atoms with Gasteiger partial charge in [-0.05, 0) is 42.0 Å². The molecule has 0 saturated carbocycles. The van der Waals surface area contributed by atoms with Gasteiger partial charge in [-0.25, -0.2) is 0 Å². The van der Waals surface area contributed by atoms with Crippen LogP contribution in [0.2, 0.25) is 0 Å². The third-order valence-electron chi connectivity index (χ3n) is 4.54. The molecule has 0 fully saturated rings. The van der Waals surface area contributed by atoms with E-state index in [1.54, 1.807) is 13.0 Å². The van der Waals surface area contributed by atoms with Gasteiger partial charge in [0, 0.05) is 17.5 Å². The van der Waals surface area contributed by atoms with Crippen molar-refractivity contribution in [3.05, 3.63) is 50.7 Å². The Morgan fingerprint density at radius 2 is 2.21 bits per heavy atom. The first-order chi connectivity index (χ1) is 13.2. The molecule has 10 heteroatoms. The lowest BCUT2D eigenvalue weighted by Gasteiger charge is -2.29. The smallest absolute Gasteiger partial charge is 0.307 e. The largest absolute Gasteiger partial charge is 0.496 e. The average Bonchev–Trinajstić information content (AvgIpc) is 3.16. The van der Waals surface area contributed by atoms with Crippen LogP contribution >= 0.6 is 34.7 Å². The molecule has 1 aromatic heterocycles. The quantitative estimate of drug-likeness (QED) is 0.617. The molecule has 0 saturated heterocycles. The van der Waals surface area contributed by atoms with Crippen LogP contribution in [0.3, 0.4) is 0 Å². The SMILES string of the molecule is COC1=C(Cl)CC2C(=C1)C(CC(=O)O)=C(C)N2C(=O)c1csc(SC(F)F)c1. The summed E-state index contributed by atoms with van der Waals surface area (Å²) < 4.78 is 30.7. The molecule has 0 bridgehead atoms. The predicted molar refractivity (Wildman–Crippen MR) is 104 cm³/mol. The second-order valence-corrected chi connectivity index (χ2v) is 8.79. The number of carbonyl (C=O) groups is 2. The van der Waals surface area contributed by atoms with Crippen molar-refractivity contribution in [2.45, 2.75) is 35.8 Å². The first kappa shape index (κ1) is 20.9. The second-order valence-electron chi connectivity index (χ2n) is 6.14. The summed E-state index contributed by atoms with van der Waals surface area (Å²) in [5.41, 5.74) is 2.00. The molecule has 1 aromatic rings. The number of amides is 1. The fraction of sp³-hybridized carbons (Fsp3) is 0.333. The fourth-order valence-corrected chi connectivity index (χ4v) is 5.21. The van der Waals surface area contributed by atoms with E-state index in [0.717, 1.165) is 11.3 Å². The van der Waals surface area contributed by atoms with Crippen LogP contribution < -0.4 is 0 Å². The zero-order chi connectivity index (χ0) is 20.6. The molecule has 1 N–H and O–H groups in total. The minimum Gasteiger partial charge on any atom is -0.496 e. The Bertz CT molecular complexity index is 922. The summed E-state index contributed by atoms with van der Waals surface area (Å²) in [7, 11) is 1.47. The van der Waals surface area contributed by atoms with Gasteiger partial charge >= 0.3 is 5.97 Å². The van der Waals surface area contributed by atoms with Crippen molar-refractivity contribution in [2.24, 2.45) is 0 Å². The maximum atomic E-state index is 13.1. The van der Waals surface area contributed by atoms with Gasteiger partial charge in [0.2, 0.25) is 0 Å². The third kappa shape index (κ3) is 3.97. The number of allylic oxidation sites excluding steroid dienone is 2. The van der Waals surface area contributed by atoms with Gasteiger partial charge in [-0.3, -0.25) is 9.59 Å². The standard InChI is InChI=1S/C18H16ClF2NO4S2/c1-8-10(5-15(23)24)11-4-14(26-2)12(19)6-13(11)22(8)17(25)9-3-16(27-7-9)28-18(20)21/h3-4,7,13,18H,5-6H2,1-2H3,(H,23,24). The minimum absolute atomic E-state index is 0.247. The van der Waals surface area contributed by atoms with Crippen molar-refractivity contribution >= 4 is 46.6 Å². The zero-order valence-electron chi connectivity index (χ0n) is 14.9. The molecule has 1 unspecified atom stereocenters. The van der Waals surface area contributed by atoms with E-state index < -0.39 is 17.8 Å². The van der Waals surface area contributed by atoms with Gasteiger partial charge in [-0.2, -0.15) is 8.78 Å². The van der Waals surface area contributed by atoms with Crippen LogP contribution in [0.15, 0.2) is 49.4 Å². The molecule has 150 valence electrons. The third-order valence-corrected chi connectivity index (χ3v) is 6.71. The van der Waals surface area contributed by atoms with Gasteiger partial charge in [0.25, 0.3) is 11.7 Å². The Kier molecular flexibility index (Phi) is 6.16. The van der Waals surface area contributed by atoms with Crippen LogP contribution in [0.1, 0.15) is 30.1 Å². The summed E-state index contributed by atoms with van der Waals surface area (Å²) in [6, 6.07) is 0.968. The highest BCUT2D eigenvalue weighted by Crippen LogP contribution is 2.44.